The molecule has 2 rings (SSSR count). The molecular weight excluding hydrogens is 302 g/mol. The second-order valence-corrected chi connectivity index (χ2v) is 6.69. The van der Waals surface area contributed by atoms with Crippen molar-refractivity contribution in [3.8, 4) is 5.75 Å². The molecule has 0 amide bonds. The van der Waals surface area contributed by atoms with E-state index in [0.717, 1.165) is 35.7 Å². The molecule has 0 aliphatic heterocycles. The Labute approximate surface area is 124 Å². The molecule has 1 aliphatic rings. The molecule has 0 aromatic heterocycles. The number of hydrogen-bond acceptors (Lipinski definition) is 2. The topological polar surface area (TPSA) is 35.2 Å². The van der Waals surface area contributed by atoms with Crippen LogP contribution >= 0.6 is 15.9 Å². The molecule has 0 saturated heterocycles. The van der Waals surface area contributed by atoms with Gasteiger partial charge in [0.25, 0.3) is 0 Å². The zero-order valence-corrected chi connectivity index (χ0v) is 13.3. The van der Waals surface area contributed by atoms with E-state index < -0.39 is 0 Å². The summed E-state index contributed by atoms with van der Waals surface area (Å²) in [6.07, 6.45) is 6.26. The van der Waals surface area contributed by atoms with Crippen molar-refractivity contribution in [1.82, 2.24) is 0 Å². The first kappa shape index (κ1) is 14.9. The van der Waals surface area contributed by atoms with Gasteiger partial charge in [-0.2, -0.15) is 0 Å². The third-order valence-electron chi connectivity index (χ3n) is 4.53. The Bertz CT molecular complexity index is 392. The van der Waals surface area contributed by atoms with Gasteiger partial charge in [-0.15, -0.1) is 0 Å². The Kier molecular flexibility index (Phi) is 5.28. The highest BCUT2D eigenvalue weighted by Crippen LogP contribution is 2.44. The van der Waals surface area contributed by atoms with Gasteiger partial charge in [0.15, 0.2) is 0 Å². The lowest BCUT2D eigenvalue weighted by Crippen LogP contribution is -2.29. The van der Waals surface area contributed by atoms with E-state index in [4.69, 9.17) is 10.5 Å². The van der Waals surface area contributed by atoms with Crippen LogP contribution < -0.4 is 10.5 Å². The number of hydrogen-bond donors (Lipinski definition) is 1. The zero-order chi connectivity index (χ0) is 13.7. The molecule has 19 heavy (non-hydrogen) atoms. The predicted molar refractivity (Wildman–Crippen MR) is 83.4 cm³/mol. The van der Waals surface area contributed by atoms with Gasteiger partial charge in [0, 0.05) is 4.47 Å². The van der Waals surface area contributed by atoms with Gasteiger partial charge in [0.2, 0.25) is 0 Å². The average molecular weight is 326 g/mol. The molecule has 1 saturated carbocycles. The van der Waals surface area contributed by atoms with E-state index in [1.54, 1.807) is 0 Å². The van der Waals surface area contributed by atoms with Crippen LogP contribution in [0.4, 0.5) is 0 Å². The monoisotopic (exact) mass is 325 g/mol. The summed E-state index contributed by atoms with van der Waals surface area (Å²) in [6, 6.07) is 8.03. The molecule has 0 radical (unpaired) electrons. The fourth-order valence-corrected chi connectivity index (χ4v) is 3.37. The molecule has 0 bridgehead atoms. The molecule has 1 aliphatic carbocycles. The standard InChI is InChI=1S/C16H24BrNO/c1-2-13-7-8-16(11-13,12-18)9-10-19-15-5-3-14(17)4-6-15/h3-6,13H,2,7-12,18H2,1H3. The van der Waals surface area contributed by atoms with Crippen molar-refractivity contribution < 1.29 is 4.74 Å². The first-order valence-electron chi connectivity index (χ1n) is 7.26. The summed E-state index contributed by atoms with van der Waals surface area (Å²) in [5.74, 6) is 1.82. The van der Waals surface area contributed by atoms with Crippen LogP contribution in [0.1, 0.15) is 39.0 Å². The Morgan fingerprint density at radius 2 is 2.11 bits per heavy atom. The minimum Gasteiger partial charge on any atom is -0.494 e. The van der Waals surface area contributed by atoms with Crippen molar-refractivity contribution in [2.75, 3.05) is 13.2 Å². The van der Waals surface area contributed by atoms with E-state index >= 15 is 0 Å². The Morgan fingerprint density at radius 1 is 1.37 bits per heavy atom. The summed E-state index contributed by atoms with van der Waals surface area (Å²) in [7, 11) is 0. The SMILES string of the molecule is CCC1CCC(CN)(CCOc2ccc(Br)cc2)C1. The second kappa shape index (κ2) is 6.76. The molecule has 2 atom stereocenters. The minimum atomic E-state index is 0.329. The van der Waals surface area contributed by atoms with Gasteiger partial charge in [-0.1, -0.05) is 29.3 Å². The molecule has 1 aromatic rings. The van der Waals surface area contributed by atoms with Crippen molar-refractivity contribution in [3.63, 3.8) is 0 Å². The summed E-state index contributed by atoms with van der Waals surface area (Å²) in [6.45, 7) is 3.86. The van der Waals surface area contributed by atoms with Crippen molar-refractivity contribution in [2.45, 2.75) is 39.0 Å². The van der Waals surface area contributed by atoms with Crippen molar-refractivity contribution in [3.05, 3.63) is 28.7 Å². The van der Waals surface area contributed by atoms with Crippen LogP contribution in [0.2, 0.25) is 0 Å². The lowest BCUT2D eigenvalue weighted by Gasteiger charge is -2.27. The number of halogens is 1. The van der Waals surface area contributed by atoms with Gasteiger partial charge in [-0.25, -0.2) is 0 Å². The van der Waals surface area contributed by atoms with Crippen LogP contribution in [0.5, 0.6) is 5.75 Å². The smallest absolute Gasteiger partial charge is 0.119 e. The summed E-state index contributed by atoms with van der Waals surface area (Å²) in [4.78, 5) is 0. The maximum atomic E-state index is 6.02. The number of nitrogens with two attached hydrogens (primary N) is 1. The van der Waals surface area contributed by atoms with Crippen LogP contribution in [0, 0.1) is 11.3 Å². The fourth-order valence-electron chi connectivity index (χ4n) is 3.11. The van der Waals surface area contributed by atoms with E-state index in [1.807, 2.05) is 24.3 Å². The molecule has 1 fully saturated rings. The van der Waals surface area contributed by atoms with Gasteiger partial charge in [0.1, 0.15) is 5.75 Å². The van der Waals surface area contributed by atoms with E-state index in [-0.39, 0.29) is 0 Å². The quantitative estimate of drug-likeness (QED) is 0.842. The fraction of sp³-hybridized carbons (Fsp3) is 0.625. The van der Waals surface area contributed by atoms with E-state index in [1.165, 1.54) is 25.7 Å². The number of benzene rings is 1. The normalized spacial score (nSPS) is 26.6. The first-order valence-corrected chi connectivity index (χ1v) is 8.05. The van der Waals surface area contributed by atoms with Crippen LogP contribution in [-0.2, 0) is 0 Å². The maximum Gasteiger partial charge on any atom is 0.119 e. The molecule has 0 heterocycles. The van der Waals surface area contributed by atoms with Crippen molar-refractivity contribution >= 4 is 15.9 Å². The van der Waals surface area contributed by atoms with E-state index in [2.05, 4.69) is 22.9 Å². The van der Waals surface area contributed by atoms with Crippen molar-refractivity contribution in [2.24, 2.45) is 17.1 Å². The lowest BCUT2D eigenvalue weighted by molar-refractivity contribution is 0.198. The lowest BCUT2D eigenvalue weighted by atomic mass is 9.82. The van der Waals surface area contributed by atoms with Crippen LogP contribution in [0.25, 0.3) is 0 Å². The highest BCUT2D eigenvalue weighted by Gasteiger charge is 2.36. The number of rotatable bonds is 6. The molecular formula is C16H24BrNO. The largest absolute Gasteiger partial charge is 0.494 e. The predicted octanol–water partition coefficient (Wildman–Crippen LogP) is 4.37. The van der Waals surface area contributed by atoms with Gasteiger partial charge < -0.3 is 10.5 Å². The molecule has 2 nitrogen and oxygen atoms in total. The van der Waals surface area contributed by atoms with Gasteiger partial charge in [0.05, 0.1) is 6.61 Å². The highest BCUT2D eigenvalue weighted by molar-refractivity contribution is 9.10. The first-order chi connectivity index (χ1) is 9.17. The zero-order valence-electron chi connectivity index (χ0n) is 11.7. The van der Waals surface area contributed by atoms with Crippen LogP contribution in [0.15, 0.2) is 28.7 Å². The van der Waals surface area contributed by atoms with E-state index in [9.17, 15) is 0 Å². The summed E-state index contributed by atoms with van der Waals surface area (Å²) in [5, 5.41) is 0. The average Bonchev–Trinajstić information content (AvgIpc) is 2.85. The molecule has 1 aromatic carbocycles. The maximum absolute atomic E-state index is 6.02. The Hall–Kier alpha value is -0.540. The Morgan fingerprint density at radius 3 is 2.68 bits per heavy atom. The minimum absolute atomic E-state index is 0.329. The highest BCUT2D eigenvalue weighted by atomic mass is 79.9. The van der Waals surface area contributed by atoms with Gasteiger partial charge >= 0.3 is 0 Å². The molecule has 3 heteroatoms. The van der Waals surface area contributed by atoms with Gasteiger partial charge in [-0.3, -0.25) is 0 Å². The molecule has 2 unspecified atom stereocenters. The van der Waals surface area contributed by atoms with Crippen LogP contribution in [-0.4, -0.2) is 13.2 Å². The van der Waals surface area contributed by atoms with Crippen LogP contribution in [0.3, 0.4) is 0 Å². The molecule has 0 spiro atoms. The Balaban J connectivity index is 1.82. The third kappa shape index (κ3) is 3.96. The summed E-state index contributed by atoms with van der Waals surface area (Å²) < 4.78 is 6.93. The number of ether oxygens (including phenoxy) is 1. The molecule has 106 valence electrons. The van der Waals surface area contributed by atoms with Gasteiger partial charge in [-0.05, 0) is 67.8 Å². The van der Waals surface area contributed by atoms with E-state index in [0.29, 0.717) is 5.41 Å². The second-order valence-electron chi connectivity index (χ2n) is 5.77. The van der Waals surface area contributed by atoms with Crippen molar-refractivity contribution in [1.29, 1.82) is 0 Å². The molecule has 2 N–H and O–H groups in total. The third-order valence-corrected chi connectivity index (χ3v) is 5.06. The summed E-state index contributed by atoms with van der Waals surface area (Å²) >= 11 is 3.43. The summed E-state index contributed by atoms with van der Waals surface area (Å²) in [5.41, 5.74) is 6.35.